The Morgan fingerprint density at radius 1 is 0.667 bits per heavy atom. The van der Waals surface area contributed by atoms with E-state index in [1.807, 2.05) is 0 Å². The molecule has 0 aromatic heterocycles. The van der Waals surface area contributed by atoms with Crippen LogP contribution in [-0.4, -0.2) is 67.4 Å². The summed E-state index contributed by atoms with van der Waals surface area (Å²) in [4.78, 5) is 23.1. The van der Waals surface area contributed by atoms with Gasteiger partial charge in [0.1, 0.15) is 0 Å². The number of hydrogen-bond donors (Lipinski definition) is 0. The Hall–Kier alpha value is -2.11. The third-order valence-electron chi connectivity index (χ3n) is 4.86. The molecule has 0 N–H and O–H groups in total. The number of ether oxygens (including phenoxy) is 2. The molecule has 0 radical (unpaired) electrons. The molecule has 0 aromatic carbocycles. The Morgan fingerprint density at radius 3 is 1.42 bits per heavy atom. The smallest absolute Gasteiger partial charge is 0.460 e. The second-order valence-electron chi connectivity index (χ2n) is 7.45. The first-order valence-electron chi connectivity index (χ1n) is 9.29. The minimum Gasteiger partial charge on any atom is -0.469 e. The van der Waals surface area contributed by atoms with Crippen molar-refractivity contribution in [2.45, 2.75) is 68.4 Å². The Morgan fingerprint density at radius 2 is 1.06 bits per heavy atom. The van der Waals surface area contributed by atoms with E-state index < -0.39 is 78.5 Å². The van der Waals surface area contributed by atoms with Gasteiger partial charge in [-0.05, 0) is 12.8 Å². The van der Waals surface area contributed by atoms with Crippen LogP contribution in [0.3, 0.4) is 0 Å². The number of methoxy groups -OCH3 is 1. The molecule has 2 atom stereocenters. The zero-order valence-corrected chi connectivity index (χ0v) is 18.1. The summed E-state index contributed by atoms with van der Waals surface area (Å²) < 4.78 is 205. The summed E-state index contributed by atoms with van der Waals surface area (Å²) in [6.07, 6.45) is -8.26. The van der Waals surface area contributed by atoms with Crippen LogP contribution in [-0.2, 0) is 19.1 Å². The number of hydrogen-bond acceptors (Lipinski definition) is 4. The lowest BCUT2D eigenvalue weighted by Gasteiger charge is -2.41. The molecule has 0 aromatic rings. The molecule has 0 saturated carbocycles. The van der Waals surface area contributed by atoms with E-state index in [1.54, 1.807) is 0 Å². The molecule has 0 fully saturated rings. The van der Waals surface area contributed by atoms with Gasteiger partial charge >= 0.3 is 53.7 Å². The highest BCUT2D eigenvalue weighted by atomic mass is 19.4. The van der Waals surface area contributed by atoms with Gasteiger partial charge in [-0.3, -0.25) is 9.59 Å². The zero-order valence-electron chi connectivity index (χ0n) is 18.1. The maximum Gasteiger partial charge on any atom is 0.460 e. The van der Waals surface area contributed by atoms with Gasteiger partial charge in [0.2, 0.25) is 0 Å². The van der Waals surface area contributed by atoms with E-state index in [4.69, 9.17) is 0 Å². The molecule has 19 heteroatoms. The molecular weight excluding hydrogens is 553 g/mol. The van der Waals surface area contributed by atoms with Crippen molar-refractivity contribution in [1.82, 2.24) is 0 Å². The first-order valence-corrected chi connectivity index (χ1v) is 9.29. The van der Waals surface area contributed by atoms with Crippen LogP contribution in [0.15, 0.2) is 0 Å². The van der Waals surface area contributed by atoms with Gasteiger partial charge in [-0.15, -0.1) is 0 Å². The van der Waals surface area contributed by atoms with Gasteiger partial charge in [0, 0.05) is 0 Å². The van der Waals surface area contributed by atoms with Crippen LogP contribution >= 0.6 is 0 Å². The largest absolute Gasteiger partial charge is 0.469 e. The third-order valence-corrected chi connectivity index (χ3v) is 4.86. The second kappa shape index (κ2) is 10.3. The van der Waals surface area contributed by atoms with Crippen LogP contribution in [0, 0.1) is 11.8 Å². The van der Waals surface area contributed by atoms with E-state index in [9.17, 15) is 75.4 Å². The summed E-state index contributed by atoms with van der Waals surface area (Å²) in [7, 11) is 0.917. The summed E-state index contributed by atoms with van der Waals surface area (Å²) in [5.74, 6) is -53.1. The van der Waals surface area contributed by atoms with Gasteiger partial charge in [-0.1, -0.05) is 13.8 Å². The van der Waals surface area contributed by atoms with Crippen LogP contribution in [0.25, 0.3) is 0 Å². The number of esters is 2. The van der Waals surface area contributed by atoms with Crippen molar-refractivity contribution in [1.29, 1.82) is 0 Å². The molecule has 4 nitrogen and oxygen atoms in total. The van der Waals surface area contributed by atoms with Crippen LogP contribution in [0.1, 0.15) is 26.7 Å². The van der Waals surface area contributed by atoms with Crippen molar-refractivity contribution < 1.29 is 84.9 Å². The van der Waals surface area contributed by atoms with Crippen molar-refractivity contribution in [2.24, 2.45) is 11.8 Å². The molecule has 0 aliphatic heterocycles. The predicted octanol–water partition coefficient (Wildman–Crippen LogP) is 6.13. The molecule has 0 aliphatic rings. The van der Waals surface area contributed by atoms with Crippen molar-refractivity contribution >= 4 is 11.9 Å². The summed E-state index contributed by atoms with van der Waals surface area (Å²) in [5.41, 5.74) is 0. The molecular formula is C17H17F15O4. The first kappa shape index (κ1) is 33.9. The minimum absolute atomic E-state index is 0.0173. The maximum absolute atomic E-state index is 13.7. The normalized spacial score (nSPS) is 16.4. The van der Waals surface area contributed by atoms with E-state index >= 15 is 0 Å². The molecule has 2 unspecified atom stereocenters. The van der Waals surface area contributed by atoms with E-state index in [0.717, 1.165) is 14.0 Å². The second-order valence-corrected chi connectivity index (χ2v) is 7.45. The zero-order chi connectivity index (χ0) is 29.3. The van der Waals surface area contributed by atoms with Crippen molar-refractivity contribution in [2.75, 3.05) is 13.7 Å². The van der Waals surface area contributed by atoms with E-state index in [1.165, 1.54) is 6.92 Å². The average molecular weight is 570 g/mol. The fourth-order valence-corrected chi connectivity index (χ4v) is 2.51. The molecule has 0 saturated heterocycles. The SMILES string of the molecule is CCC(CC(C)C(=O)OCC(F)(F)C(F)(F)C(F)(F)C(F)(F)C(F)(F)C(F)(F)C(F)(F)F)C(=O)OC. The monoisotopic (exact) mass is 570 g/mol. The lowest BCUT2D eigenvalue weighted by molar-refractivity contribution is -0.453. The fourth-order valence-electron chi connectivity index (χ4n) is 2.51. The quantitative estimate of drug-likeness (QED) is 0.209. The standard InChI is InChI=1S/C17H17F15O4/c1-4-8(10(34)35-3)5-7(2)9(33)36-6-11(18,19)12(20,21)13(22,23)14(24,25)15(26,27)16(28,29)17(30,31)32/h7-8H,4-6H2,1-3H3. The van der Waals surface area contributed by atoms with Gasteiger partial charge in [-0.2, -0.15) is 65.9 Å². The third kappa shape index (κ3) is 5.57. The molecule has 0 amide bonds. The summed E-state index contributed by atoms with van der Waals surface area (Å²) in [5, 5.41) is 0. The fraction of sp³-hybridized carbons (Fsp3) is 0.882. The van der Waals surface area contributed by atoms with E-state index in [2.05, 4.69) is 9.47 Å². The van der Waals surface area contributed by atoms with Crippen LogP contribution in [0.2, 0.25) is 0 Å². The summed E-state index contributed by atoms with van der Waals surface area (Å²) in [6.45, 7) is -0.980. The van der Waals surface area contributed by atoms with E-state index in [0.29, 0.717) is 0 Å². The highest BCUT2D eigenvalue weighted by Gasteiger charge is 2.93. The van der Waals surface area contributed by atoms with Crippen LogP contribution in [0.5, 0.6) is 0 Å². The van der Waals surface area contributed by atoms with Gasteiger partial charge in [0.15, 0.2) is 6.61 Å². The average Bonchev–Trinajstić information content (AvgIpc) is 2.73. The maximum atomic E-state index is 13.7. The lowest BCUT2D eigenvalue weighted by atomic mass is 9.91. The number of carbonyl (C=O) groups excluding carboxylic acids is 2. The van der Waals surface area contributed by atoms with Gasteiger partial charge in [0.25, 0.3) is 0 Å². The van der Waals surface area contributed by atoms with Crippen molar-refractivity contribution in [3.63, 3.8) is 0 Å². The predicted molar refractivity (Wildman–Crippen MR) is 86.3 cm³/mol. The van der Waals surface area contributed by atoms with E-state index in [-0.39, 0.29) is 6.42 Å². The van der Waals surface area contributed by atoms with Crippen molar-refractivity contribution in [3.8, 4) is 0 Å². The first-order chi connectivity index (χ1) is 15.7. The van der Waals surface area contributed by atoms with Gasteiger partial charge in [-0.25, -0.2) is 0 Å². The summed E-state index contributed by atoms with van der Waals surface area (Å²) >= 11 is 0. The Balaban J connectivity index is 5.97. The highest BCUT2D eigenvalue weighted by Crippen LogP contribution is 2.62. The van der Waals surface area contributed by atoms with Crippen LogP contribution in [0.4, 0.5) is 65.9 Å². The number of carbonyl (C=O) groups is 2. The topological polar surface area (TPSA) is 52.6 Å². The molecule has 0 bridgehead atoms. The Labute approximate surface area is 192 Å². The highest BCUT2D eigenvalue weighted by molar-refractivity contribution is 5.75. The van der Waals surface area contributed by atoms with Gasteiger partial charge in [0.05, 0.1) is 18.9 Å². The molecule has 36 heavy (non-hydrogen) atoms. The minimum atomic E-state index is -8.42. The molecule has 0 aliphatic carbocycles. The number of alkyl halides is 15. The van der Waals surface area contributed by atoms with Crippen LogP contribution < -0.4 is 0 Å². The summed E-state index contributed by atoms with van der Waals surface area (Å²) in [6, 6.07) is 0. The van der Waals surface area contributed by atoms with Crippen molar-refractivity contribution in [3.05, 3.63) is 0 Å². The molecule has 214 valence electrons. The Bertz CT molecular complexity index is 791. The lowest BCUT2D eigenvalue weighted by Crippen LogP contribution is -2.73. The number of halogens is 15. The van der Waals surface area contributed by atoms with Gasteiger partial charge < -0.3 is 9.47 Å². The molecule has 0 rings (SSSR count). The molecule has 0 spiro atoms. The number of rotatable bonds is 12. The Kier molecular flexibility index (Phi) is 9.73. The molecule has 0 heterocycles.